The summed E-state index contributed by atoms with van der Waals surface area (Å²) in [5.74, 6) is 0. The maximum Gasteiger partial charge on any atom is 0.241 e. The fourth-order valence-corrected chi connectivity index (χ4v) is 4.13. The van der Waals surface area contributed by atoms with E-state index in [9.17, 15) is 8.42 Å². The van der Waals surface area contributed by atoms with E-state index >= 15 is 0 Å². The molecule has 130 valence electrons. The van der Waals surface area contributed by atoms with E-state index in [0.29, 0.717) is 0 Å². The van der Waals surface area contributed by atoms with Gasteiger partial charge in [0.2, 0.25) is 10.0 Å². The molecule has 3 nitrogen and oxygen atoms in total. The Labute approximate surface area is 146 Å². The van der Waals surface area contributed by atoms with E-state index in [0.717, 1.165) is 12.0 Å². The third-order valence-electron chi connectivity index (χ3n) is 3.85. The molecule has 0 atom stereocenters. The van der Waals surface area contributed by atoms with Crippen molar-refractivity contribution < 1.29 is 8.42 Å². The molecule has 2 aromatic rings. The minimum atomic E-state index is -3.56. The van der Waals surface area contributed by atoms with Gasteiger partial charge in [-0.25, -0.2) is 13.1 Å². The highest BCUT2D eigenvalue weighted by Gasteiger charge is 2.27. The first kappa shape index (κ1) is 18.7. The normalized spacial score (nSPS) is 13.0. The number of hydrogen-bond acceptors (Lipinski definition) is 2. The first-order valence-electron chi connectivity index (χ1n) is 8.18. The number of sulfonamides is 1. The van der Waals surface area contributed by atoms with Crippen LogP contribution in [0.25, 0.3) is 0 Å². The Hall–Kier alpha value is -1.65. The molecule has 0 aliphatic carbocycles. The molecule has 0 spiro atoms. The van der Waals surface area contributed by atoms with Crippen molar-refractivity contribution in [3.63, 3.8) is 0 Å². The monoisotopic (exact) mass is 345 g/mol. The van der Waals surface area contributed by atoms with Crippen molar-refractivity contribution in [2.75, 3.05) is 0 Å². The predicted molar refractivity (Wildman–Crippen MR) is 99.4 cm³/mol. The Balaban J connectivity index is 2.21. The van der Waals surface area contributed by atoms with Crippen LogP contribution >= 0.6 is 0 Å². The van der Waals surface area contributed by atoms with Gasteiger partial charge in [-0.2, -0.15) is 0 Å². The largest absolute Gasteiger partial charge is 0.241 e. The summed E-state index contributed by atoms with van der Waals surface area (Å²) in [7, 11) is -3.56. The van der Waals surface area contributed by atoms with E-state index in [2.05, 4.69) is 37.6 Å². The minimum Gasteiger partial charge on any atom is -0.207 e. The molecule has 0 aliphatic heterocycles. The molecule has 0 amide bonds. The van der Waals surface area contributed by atoms with Gasteiger partial charge in [0.25, 0.3) is 0 Å². The van der Waals surface area contributed by atoms with Gasteiger partial charge >= 0.3 is 0 Å². The lowest BCUT2D eigenvalue weighted by Gasteiger charge is -2.27. The second-order valence-corrected chi connectivity index (χ2v) is 9.66. The summed E-state index contributed by atoms with van der Waals surface area (Å²) in [4.78, 5) is 0.280. The maximum atomic E-state index is 12.6. The molecule has 4 heteroatoms. The minimum absolute atomic E-state index is 0.228. The Bertz CT molecular complexity index is 771. The van der Waals surface area contributed by atoms with E-state index in [-0.39, 0.29) is 10.3 Å². The van der Waals surface area contributed by atoms with Crippen LogP contribution in [0.4, 0.5) is 0 Å². The van der Waals surface area contributed by atoms with Gasteiger partial charge in [0.1, 0.15) is 0 Å². The third kappa shape index (κ3) is 4.92. The van der Waals surface area contributed by atoms with E-state index in [1.54, 1.807) is 30.3 Å². The highest BCUT2D eigenvalue weighted by atomic mass is 32.2. The van der Waals surface area contributed by atoms with Crippen molar-refractivity contribution >= 4 is 10.0 Å². The van der Waals surface area contributed by atoms with E-state index < -0.39 is 15.6 Å². The fraction of sp³-hybridized carbons (Fsp3) is 0.400. The second-order valence-electron chi connectivity index (χ2n) is 7.98. The molecule has 1 N–H and O–H groups in total. The highest BCUT2D eigenvalue weighted by molar-refractivity contribution is 7.89. The van der Waals surface area contributed by atoms with Crippen molar-refractivity contribution in [2.45, 2.75) is 51.5 Å². The van der Waals surface area contributed by atoms with Gasteiger partial charge in [-0.05, 0) is 48.9 Å². The first-order valence-corrected chi connectivity index (χ1v) is 9.66. The second kappa shape index (κ2) is 6.69. The van der Waals surface area contributed by atoms with Crippen LogP contribution in [-0.2, 0) is 22.0 Å². The molecule has 24 heavy (non-hydrogen) atoms. The van der Waals surface area contributed by atoms with Gasteiger partial charge in [0.05, 0.1) is 10.4 Å². The summed E-state index contributed by atoms with van der Waals surface area (Å²) in [5.41, 5.74) is 1.74. The van der Waals surface area contributed by atoms with Crippen molar-refractivity contribution in [3.8, 4) is 0 Å². The smallest absolute Gasteiger partial charge is 0.207 e. The molecular formula is C20H27NO2S. The zero-order valence-electron chi connectivity index (χ0n) is 15.1. The summed E-state index contributed by atoms with van der Waals surface area (Å²) in [6.45, 7) is 10.4. The molecule has 0 saturated carbocycles. The Morgan fingerprint density at radius 2 is 1.38 bits per heavy atom. The average molecular weight is 346 g/mol. The van der Waals surface area contributed by atoms with E-state index in [1.165, 1.54) is 5.56 Å². The summed E-state index contributed by atoms with van der Waals surface area (Å²) in [6.07, 6.45) is 0.990. The van der Waals surface area contributed by atoms with Gasteiger partial charge in [0, 0.05) is 0 Å². The molecular weight excluding hydrogens is 318 g/mol. The third-order valence-corrected chi connectivity index (χ3v) is 5.52. The van der Waals surface area contributed by atoms with Crippen molar-refractivity contribution in [1.29, 1.82) is 0 Å². The molecule has 2 rings (SSSR count). The van der Waals surface area contributed by atoms with Crippen molar-refractivity contribution in [2.24, 2.45) is 5.41 Å². The van der Waals surface area contributed by atoms with Gasteiger partial charge in [-0.1, -0.05) is 63.2 Å². The van der Waals surface area contributed by atoms with Crippen LogP contribution in [0.3, 0.4) is 0 Å². The van der Waals surface area contributed by atoms with Gasteiger partial charge < -0.3 is 0 Å². The van der Waals surface area contributed by atoms with Crippen LogP contribution in [0.2, 0.25) is 0 Å². The number of nitrogens with one attached hydrogen (secondary N) is 1. The summed E-state index contributed by atoms with van der Waals surface area (Å²) >= 11 is 0. The Kier molecular flexibility index (Phi) is 5.21. The molecule has 0 radical (unpaired) electrons. The van der Waals surface area contributed by atoms with Crippen molar-refractivity contribution in [3.05, 3.63) is 65.7 Å². The summed E-state index contributed by atoms with van der Waals surface area (Å²) in [5, 5.41) is 0. The molecule has 0 bridgehead atoms. The van der Waals surface area contributed by atoms with Crippen LogP contribution in [0.5, 0.6) is 0 Å². The standard InChI is InChI=1S/C20H27NO2S/c1-19(2,3)15-16-11-13-17(14-12-16)20(4,5)21-24(22,23)18-9-7-6-8-10-18/h6-14,21H,15H2,1-5H3. The fourth-order valence-electron chi connectivity index (χ4n) is 2.71. The van der Waals surface area contributed by atoms with Crippen LogP contribution < -0.4 is 4.72 Å². The number of hydrogen-bond donors (Lipinski definition) is 1. The number of benzene rings is 2. The molecule has 0 heterocycles. The van der Waals surface area contributed by atoms with E-state index in [4.69, 9.17) is 0 Å². The molecule has 0 aromatic heterocycles. The maximum absolute atomic E-state index is 12.6. The van der Waals surface area contributed by atoms with Crippen LogP contribution in [0, 0.1) is 5.41 Å². The van der Waals surface area contributed by atoms with Gasteiger partial charge in [-0.15, -0.1) is 0 Å². The molecule has 0 fully saturated rings. The average Bonchev–Trinajstić information content (AvgIpc) is 2.46. The number of rotatable bonds is 5. The summed E-state index contributed by atoms with van der Waals surface area (Å²) in [6, 6.07) is 16.6. The SMILES string of the molecule is CC(C)(C)Cc1ccc(C(C)(C)NS(=O)(=O)c2ccccc2)cc1. The Morgan fingerprint density at radius 3 is 1.88 bits per heavy atom. The topological polar surface area (TPSA) is 46.2 Å². The van der Waals surface area contributed by atoms with Crippen molar-refractivity contribution in [1.82, 2.24) is 4.72 Å². The summed E-state index contributed by atoms with van der Waals surface area (Å²) < 4.78 is 27.9. The quantitative estimate of drug-likeness (QED) is 0.868. The van der Waals surface area contributed by atoms with E-state index in [1.807, 2.05) is 26.0 Å². The lowest BCUT2D eigenvalue weighted by atomic mass is 9.87. The zero-order chi connectivity index (χ0) is 18.0. The molecule has 2 aromatic carbocycles. The van der Waals surface area contributed by atoms with Crippen LogP contribution in [0.1, 0.15) is 45.7 Å². The molecule has 0 unspecified atom stereocenters. The first-order chi connectivity index (χ1) is 11.0. The van der Waals surface area contributed by atoms with Gasteiger partial charge in [0.15, 0.2) is 0 Å². The van der Waals surface area contributed by atoms with Crippen LogP contribution in [0.15, 0.2) is 59.5 Å². The molecule has 0 aliphatic rings. The van der Waals surface area contributed by atoms with Crippen LogP contribution in [-0.4, -0.2) is 8.42 Å². The zero-order valence-corrected chi connectivity index (χ0v) is 15.9. The predicted octanol–water partition coefficient (Wildman–Crippen LogP) is 4.49. The Morgan fingerprint density at radius 1 is 0.833 bits per heavy atom. The molecule has 0 saturated heterocycles. The van der Waals surface area contributed by atoms with Gasteiger partial charge in [-0.3, -0.25) is 0 Å². The highest BCUT2D eigenvalue weighted by Crippen LogP contribution is 2.26. The lowest BCUT2D eigenvalue weighted by molar-refractivity contribution is 0.411. The lowest BCUT2D eigenvalue weighted by Crippen LogP contribution is -2.40.